The molecule has 0 bridgehead atoms. The smallest absolute Gasteiger partial charge is 0.326 e. The number of unbranched alkanes of at least 4 members (excludes halogenated alkanes) is 1. The summed E-state index contributed by atoms with van der Waals surface area (Å²) in [6.07, 6.45) is 3.34. The zero-order chi connectivity index (χ0) is 30.1. The van der Waals surface area contributed by atoms with Gasteiger partial charge in [0.2, 0.25) is 29.5 Å². The van der Waals surface area contributed by atoms with E-state index >= 15 is 0 Å². The summed E-state index contributed by atoms with van der Waals surface area (Å²) in [5.41, 5.74) is 16.3. The minimum Gasteiger partial charge on any atom is -0.480 e. The summed E-state index contributed by atoms with van der Waals surface area (Å²) >= 11 is 1.45. The third-order valence-electron chi connectivity index (χ3n) is 5.84. The molecule has 0 fully saturated rings. The van der Waals surface area contributed by atoms with Crippen LogP contribution in [-0.2, 0) is 28.8 Å². The van der Waals surface area contributed by atoms with Gasteiger partial charge in [-0.3, -0.25) is 24.0 Å². The molecule has 0 saturated heterocycles. The maximum atomic E-state index is 12.9. The fourth-order valence-electron chi connectivity index (χ4n) is 3.42. The Kier molecular flexibility index (Phi) is 17.8. The molecule has 0 aliphatic heterocycles. The number of rotatable bonds is 20. The molecule has 0 heterocycles. The van der Waals surface area contributed by atoms with Crippen LogP contribution in [-0.4, -0.2) is 89.4 Å². The Balaban J connectivity index is 5.27. The molecule has 15 heteroatoms. The maximum Gasteiger partial charge on any atom is 0.326 e. The highest BCUT2D eigenvalue weighted by atomic mass is 32.2. The number of carbonyl (C=O) groups is 6. The molecule has 5 unspecified atom stereocenters. The predicted molar refractivity (Wildman–Crippen MR) is 148 cm³/mol. The summed E-state index contributed by atoms with van der Waals surface area (Å²) in [6, 6.07) is -5.30. The van der Waals surface area contributed by atoms with Crippen molar-refractivity contribution >= 4 is 47.3 Å². The second-order valence-corrected chi connectivity index (χ2v) is 10.6. The van der Waals surface area contributed by atoms with Gasteiger partial charge in [0, 0.05) is 6.42 Å². The first-order valence-corrected chi connectivity index (χ1v) is 14.3. The van der Waals surface area contributed by atoms with Crippen LogP contribution >= 0.6 is 11.8 Å². The van der Waals surface area contributed by atoms with Crippen LogP contribution in [0.2, 0.25) is 0 Å². The fourth-order valence-corrected chi connectivity index (χ4v) is 3.89. The van der Waals surface area contributed by atoms with Gasteiger partial charge in [-0.15, -0.1) is 0 Å². The van der Waals surface area contributed by atoms with Crippen molar-refractivity contribution < 1.29 is 33.9 Å². The highest BCUT2D eigenvalue weighted by Crippen LogP contribution is 2.07. The van der Waals surface area contributed by atoms with E-state index in [4.69, 9.17) is 17.2 Å². The number of hydrogen-bond donors (Lipinski definition) is 8. The van der Waals surface area contributed by atoms with Crippen molar-refractivity contribution in [1.29, 1.82) is 0 Å². The average molecular weight is 576 g/mol. The largest absolute Gasteiger partial charge is 0.480 e. The molecule has 224 valence electrons. The van der Waals surface area contributed by atoms with Crippen molar-refractivity contribution in [2.75, 3.05) is 18.6 Å². The van der Waals surface area contributed by atoms with Gasteiger partial charge in [-0.05, 0) is 63.5 Å². The molecule has 14 nitrogen and oxygen atoms in total. The Labute approximate surface area is 233 Å². The lowest BCUT2D eigenvalue weighted by Gasteiger charge is -2.26. The first kappa shape index (κ1) is 36.1. The molecule has 0 saturated carbocycles. The summed E-state index contributed by atoms with van der Waals surface area (Å²) < 4.78 is 0. The lowest BCUT2D eigenvalue weighted by Crippen LogP contribution is -2.58. The molecular formula is C24H45N7O7S. The summed E-state index contributed by atoms with van der Waals surface area (Å²) in [5.74, 6) is -4.24. The van der Waals surface area contributed by atoms with E-state index in [-0.39, 0.29) is 31.6 Å². The first-order chi connectivity index (χ1) is 18.2. The number of carboxylic acids is 1. The second-order valence-electron chi connectivity index (χ2n) is 9.60. The number of aliphatic carboxylic acids is 1. The molecule has 0 aliphatic carbocycles. The number of carboxylic acid groups (broad SMARTS) is 1. The normalized spacial score (nSPS) is 14.8. The van der Waals surface area contributed by atoms with Crippen LogP contribution in [0.15, 0.2) is 0 Å². The minimum atomic E-state index is -1.19. The zero-order valence-corrected chi connectivity index (χ0v) is 24.0. The lowest BCUT2D eigenvalue weighted by molar-refractivity contribution is -0.142. The molecule has 39 heavy (non-hydrogen) atoms. The van der Waals surface area contributed by atoms with E-state index < -0.39 is 65.7 Å². The lowest BCUT2D eigenvalue weighted by atomic mass is 10.0. The molecule has 0 radical (unpaired) electrons. The molecule has 11 N–H and O–H groups in total. The third kappa shape index (κ3) is 14.7. The molecular weight excluding hydrogens is 530 g/mol. The van der Waals surface area contributed by atoms with E-state index in [1.54, 1.807) is 13.8 Å². The quantitative estimate of drug-likeness (QED) is 0.0753. The van der Waals surface area contributed by atoms with E-state index in [9.17, 15) is 33.9 Å². The van der Waals surface area contributed by atoms with Crippen molar-refractivity contribution in [2.45, 2.75) is 89.5 Å². The fraction of sp³-hybridized carbons (Fsp3) is 0.750. The molecule has 5 atom stereocenters. The van der Waals surface area contributed by atoms with Gasteiger partial charge in [-0.2, -0.15) is 11.8 Å². The topological polar surface area (TPSA) is 249 Å². The number of carbonyl (C=O) groups excluding carboxylic acids is 5. The molecule has 0 aliphatic rings. The summed E-state index contributed by atoms with van der Waals surface area (Å²) in [6.45, 7) is 5.20. The van der Waals surface area contributed by atoms with Crippen molar-refractivity contribution in [3.63, 3.8) is 0 Å². The Morgan fingerprint density at radius 1 is 0.795 bits per heavy atom. The van der Waals surface area contributed by atoms with Crippen LogP contribution in [0.5, 0.6) is 0 Å². The predicted octanol–water partition coefficient (Wildman–Crippen LogP) is -1.84. The van der Waals surface area contributed by atoms with Gasteiger partial charge >= 0.3 is 5.97 Å². The minimum absolute atomic E-state index is 0.0191. The summed E-state index contributed by atoms with van der Waals surface area (Å²) in [4.78, 5) is 73.5. The number of nitrogens with one attached hydrogen (secondary N) is 4. The van der Waals surface area contributed by atoms with Crippen molar-refractivity contribution in [3.8, 4) is 0 Å². The Morgan fingerprint density at radius 3 is 1.92 bits per heavy atom. The molecule has 5 amide bonds. The van der Waals surface area contributed by atoms with Gasteiger partial charge in [0.25, 0.3) is 0 Å². The number of nitrogens with two attached hydrogens (primary N) is 3. The molecule has 0 rings (SSSR count). The van der Waals surface area contributed by atoms with E-state index in [2.05, 4.69) is 21.3 Å². The van der Waals surface area contributed by atoms with E-state index in [0.717, 1.165) is 0 Å². The van der Waals surface area contributed by atoms with E-state index in [0.29, 0.717) is 25.1 Å². The molecule has 0 aromatic rings. The van der Waals surface area contributed by atoms with Gasteiger partial charge in [0.1, 0.15) is 24.2 Å². The first-order valence-electron chi connectivity index (χ1n) is 12.9. The third-order valence-corrected chi connectivity index (χ3v) is 6.49. The summed E-state index contributed by atoms with van der Waals surface area (Å²) in [7, 11) is 0. The van der Waals surface area contributed by atoms with E-state index in [1.807, 2.05) is 6.26 Å². The Morgan fingerprint density at radius 2 is 1.41 bits per heavy atom. The SMILES string of the molecule is CSCCC(NC(=O)C(N)CCC(N)=O)C(=O)NC(C)C(=O)NC(C(=O)NC(CCCCN)C(=O)O)C(C)C. The molecule has 0 aromatic carbocycles. The number of amides is 5. The Hall–Kier alpha value is -2.91. The number of thioether (sulfide) groups is 1. The van der Waals surface area contributed by atoms with Crippen LogP contribution in [0.4, 0.5) is 0 Å². The van der Waals surface area contributed by atoms with Crippen LogP contribution in [0.3, 0.4) is 0 Å². The Bertz CT molecular complexity index is 844. The molecule has 0 spiro atoms. The standard InChI is InChI=1S/C24H45N7O7S/c1-13(2)19(23(36)30-17(24(37)38)7-5-6-11-25)31-20(33)14(3)28-22(35)16(10-12-39-4)29-21(34)15(26)8-9-18(27)32/h13-17,19H,5-12,25-26H2,1-4H3,(H2,27,32)(H,28,35)(H,29,34)(H,30,36)(H,31,33)(H,37,38). The van der Waals surface area contributed by atoms with Crippen LogP contribution in [0, 0.1) is 5.92 Å². The number of primary amides is 1. The number of hydrogen-bond acceptors (Lipinski definition) is 9. The zero-order valence-electron chi connectivity index (χ0n) is 23.2. The van der Waals surface area contributed by atoms with Crippen LogP contribution in [0.25, 0.3) is 0 Å². The van der Waals surface area contributed by atoms with Crippen LogP contribution < -0.4 is 38.5 Å². The highest BCUT2D eigenvalue weighted by molar-refractivity contribution is 7.98. The summed E-state index contributed by atoms with van der Waals surface area (Å²) in [5, 5.41) is 19.5. The monoisotopic (exact) mass is 575 g/mol. The van der Waals surface area contributed by atoms with Gasteiger partial charge in [-0.1, -0.05) is 13.8 Å². The van der Waals surface area contributed by atoms with Gasteiger partial charge in [0.15, 0.2) is 0 Å². The molecule has 0 aromatic heterocycles. The highest BCUT2D eigenvalue weighted by Gasteiger charge is 2.31. The van der Waals surface area contributed by atoms with Crippen LogP contribution in [0.1, 0.15) is 59.3 Å². The van der Waals surface area contributed by atoms with Gasteiger partial charge in [-0.25, -0.2) is 4.79 Å². The maximum absolute atomic E-state index is 12.9. The average Bonchev–Trinajstić information content (AvgIpc) is 2.86. The van der Waals surface area contributed by atoms with Crippen molar-refractivity contribution in [3.05, 3.63) is 0 Å². The van der Waals surface area contributed by atoms with Gasteiger partial charge in [0.05, 0.1) is 6.04 Å². The van der Waals surface area contributed by atoms with Gasteiger partial charge < -0.3 is 43.6 Å². The van der Waals surface area contributed by atoms with Crippen molar-refractivity contribution in [1.82, 2.24) is 21.3 Å². The second kappa shape index (κ2) is 19.2. The van der Waals surface area contributed by atoms with E-state index in [1.165, 1.54) is 18.7 Å². The van der Waals surface area contributed by atoms with Crippen molar-refractivity contribution in [2.24, 2.45) is 23.1 Å².